The standard InChI is InChI=1S/C16H18ClN3O/c1-12-5-7-14(8-6-12)20-16(18)19-9-10-21-15-4-2-3-13(17)11-15/h2-8,11H,9-10H2,1H3,(H3,18,19,20). The number of aliphatic imine (C=N–C) groups is 1. The minimum Gasteiger partial charge on any atom is -0.492 e. The van der Waals surface area contributed by atoms with Gasteiger partial charge in [-0.15, -0.1) is 0 Å². The average Bonchev–Trinajstić information content (AvgIpc) is 2.46. The highest BCUT2D eigenvalue weighted by Crippen LogP contribution is 2.16. The minimum atomic E-state index is 0.369. The molecule has 0 bridgehead atoms. The number of nitrogens with zero attached hydrogens (tertiary/aromatic N) is 1. The summed E-state index contributed by atoms with van der Waals surface area (Å²) in [6, 6.07) is 15.2. The Balaban J connectivity index is 1.77. The Labute approximate surface area is 129 Å². The van der Waals surface area contributed by atoms with Crippen LogP contribution in [0.5, 0.6) is 5.75 Å². The molecule has 0 aliphatic rings. The van der Waals surface area contributed by atoms with Crippen LogP contribution in [-0.2, 0) is 0 Å². The first-order valence-corrected chi connectivity index (χ1v) is 7.03. The number of aryl methyl sites for hydroxylation is 1. The number of nitrogens with one attached hydrogen (secondary N) is 1. The van der Waals surface area contributed by atoms with Gasteiger partial charge in [0, 0.05) is 10.7 Å². The predicted molar refractivity (Wildman–Crippen MR) is 88.2 cm³/mol. The van der Waals surface area contributed by atoms with Crippen molar-refractivity contribution in [3.63, 3.8) is 0 Å². The Bertz CT molecular complexity index is 611. The van der Waals surface area contributed by atoms with Crippen molar-refractivity contribution >= 4 is 23.2 Å². The molecule has 5 heteroatoms. The second-order valence-corrected chi connectivity index (χ2v) is 5.00. The van der Waals surface area contributed by atoms with Crippen LogP contribution < -0.4 is 15.8 Å². The lowest BCUT2D eigenvalue weighted by atomic mass is 10.2. The maximum absolute atomic E-state index is 5.87. The molecule has 0 unspecified atom stereocenters. The molecule has 0 saturated heterocycles. The van der Waals surface area contributed by atoms with Gasteiger partial charge in [-0.3, -0.25) is 0 Å². The van der Waals surface area contributed by atoms with E-state index in [0.29, 0.717) is 24.1 Å². The van der Waals surface area contributed by atoms with Crippen LogP contribution in [0.15, 0.2) is 53.5 Å². The molecule has 2 aromatic rings. The number of hydrogen-bond acceptors (Lipinski definition) is 2. The molecule has 0 aliphatic heterocycles. The summed E-state index contributed by atoms with van der Waals surface area (Å²) in [5, 5.41) is 3.68. The summed E-state index contributed by atoms with van der Waals surface area (Å²) < 4.78 is 5.53. The summed E-state index contributed by atoms with van der Waals surface area (Å²) in [7, 11) is 0. The molecule has 3 N–H and O–H groups in total. The number of ether oxygens (including phenoxy) is 1. The summed E-state index contributed by atoms with van der Waals surface area (Å²) in [5.74, 6) is 1.09. The Morgan fingerprint density at radius 1 is 1.24 bits per heavy atom. The van der Waals surface area contributed by atoms with E-state index in [-0.39, 0.29) is 0 Å². The van der Waals surface area contributed by atoms with Crippen molar-refractivity contribution in [2.75, 3.05) is 18.5 Å². The van der Waals surface area contributed by atoms with Gasteiger partial charge in [-0.25, -0.2) is 4.99 Å². The zero-order chi connectivity index (χ0) is 15.1. The van der Waals surface area contributed by atoms with Gasteiger partial charge in [0.15, 0.2) is 5.96 Å². The van der Waals surface area contributed by atoms with E-state index in [1.807, 2.05) is 43.3 Å². The van der Waals surface area contributed by atoms with Gasteiger partial charge in [0.05, 0.1) is 6.54 Å². The Hall–Kier alpha value is -2.20. The maximum Gasteiger partial charge on any atom is 0.193 e. The Morgan fingerprint density at radius 2 is 2.00 bits per heavy atom. The number of nitrogens with two attached hydrogens (primary N) is 1. The number of rotatable bonds is 5. The van der Waals surface area contributed by atoms with Gasteiger partial charge in [-0.2, -0.15) is 0 Å². The summed E-state index contributed by atoms with van der Waals surface area (Å²) in [5.41, 5.74) is 7.92. The lowest BCUT2D eigenvalue weighted by Gasteiger charge is -2.07. The molecular weight excluding hydrogens is 286 g/mol. The molecular formula is C16H18ClN3O. The summed E-state index contributed by atoms with van der Waals surface area (Å²) in [6.45, 7) is 2.95. The van der Waals surface area contributed by atoms with Crippen molar-refractivity contribution in [3.8, 4) is 5.75 Å². The SMILES string of the molecule is Cc1ccc(NC(N)=NCCOc2cccc(Cl)c2)cc1. The molecule has 0 fully saturated rings. The van der Waals surface area contributed by atoms with Crippen molar-refractivity contribution < 1.29 is 4.74 Å². The Kier molecular flexibility index (Phi) is 5.46. The van der Waals surface area contributed by atoms with E-state index < -0.39 is 0 Å². The van der Waals surface area contributed by atoms with Gasteiger partial charge in [0.25, 0.3) is 0 Å². The molecule has 0 amide bonds. The van der Waals surface area contributed by atoms with Crippen LogP contribution in [0.3, 0.4) is 0 Å². The van der Waals surface area contributed by atoms with Gasteiger partial charge in [0.2, 0.25) is 0 Å². The zero-order valence-corrected chi connectivity index (χ0v) is 12.6. The van der Waals surface area contributed by atoms with Crippen LogP contribution in [0.25, 0.3) is 0 Å². The van der Waals surface area contributed by atoms with Crippen molar-refractivity contribution in [1.82, 2.24) is 0 Å². The van der Waals surface area contributed by atoms with E-state index in [9.17, 15) is 0 Å². The lowest BCUT2D eigenvalue weighted by Crippen LogP contribution is -2.23. The molecule has 0 saturated carbocycles. The molecule has 0 aromatic heterocycles. The molecule has 0 aliphatic carbocycles. The molecule has 0 spiro atoms. The first-order valence-electron chi connectivity index (χ1n) is 6.65. The molecule has 0 radical (unpaired) electrons. The third kappa shape index (κ3) is 5.36. The normalized spacial score (nSPS) is 11.2. The zero-order valence-electron chi connectivity index (χ0n) is 11.8. The second-order valence-electron chi connectivity index (χ2n) is 4.56. The van der Waals surface area contributed by atoms with Crippen molar-refractivity contribution in [3.05, 3.63) is 59.1 Å². The van der Waals surface area contributed by atoms with Gasteiger partial charge in [-0.05, 0) is 37.3 Å². The number of hydrogen-bond donors (Lipinski definition) is 2. The molecule has 110 valence electrons. The van der Waals surface area contributed by atoms with E-state index in [2.05, 4.69) is 10.3 Å². The van der Waals surface area contributed by atoms with Crippen molar-refractivity contribution in [2.24, 2.45) is 10.7 Å². The monoisotopic (exact) mass is 303 g/mol. The fourth-order valence-electron chi connectivity index (χ4n) is 1.71. The Morgan fingerprint density at radius 3 is 2.71 bits per heavy atom. The second kappa shape index (κ2) is 7.55. The van der Waals surface area contributed by atoms with Gasteiger partial charge >= 0.3 is 0 Å². The minimum absolute atomic E-state index is 0.369. The fraction of sp³-hybridized carbons (Fsp3) is 0.188. The van der Waals surface area contributed by atoms with E-state index >= 15 is 0 Å². The summed E-state index contributed by atoms with van der Waals surface area (Å²) in [6.07, 6.45) is 0. The number of anilines is 1. The highest BCUT2D eigenvalue weighted by molar-refractivity contribution is 6.30. The van der Waals surface area contributed by atoms with E-state index in [1.165, 1.54) is 5.56 Å². The first-order chi connectivity index (χ1) is 10.1. The smallest absolute Gasteiger partial charge is 0.193 e. The van der Waals surface area contributed by atoms with Crippen LogP contribution in [0.1, 0.15) is 5.56 Å². The van der Waals surface area contributed by atoms with Crippen LogP contribution in [-0.4, -0.2) is 19.1 Å². The van der Waals surface area contributed by atoms with Crippen LogP contribution in [0.4, 0.5) is 5.69 Å². The van der Waals surface area contributed by atoms with Gasteiger partial charge in [0.1, 0.15) is 12.4 Å². The molecule has 0 heterocycles. The van der Waals surface area contributed by atoms with Crippen molar-refractivity contribution in [1.29, 1.82) is 0 Å². The van der Waals surface area contributed by atoms with Crippen LogP contribution >= 0.6 is 11.6 Å². The molecule has 2 rings (SSSR count). The third-order valence-corrected chi connectivity index (χ3v) is 3.00. The number of guanidine groups is 1. The fourth-order valence-corrected chi connectivity index (χ4v) is 1.89. The first kappa shape index (κ1) is 15.2. The van der Waals surface area contributed by atoms with Gasteiger partial charge in [-0.1, -0.05) is 35.4 Å². The topological polar surface area (TPSA) is 59.6 Å². The van der Waals surface area contributed by atoms with Crippen LogP contribution in [0, 0.1) is 6.92 Å². The maximum atomic E-state index is 5.87. The third-order valence-electron chi connectivity index (χ3n) is 2.76. The lowest BCUT2D eigenvalue weighted by molar-refractivity contribution is 0.329. The number of benzene rings is 2. The summed E-state index contributed by atoms with van der Waals surface area (Å²) >= 11 is 5.87. The van der Waals surface area contributed by atoms with E-state index in [4.69, 9.17) is 22.1 Å². The van der Waals surface area contributed by atoms with E-state index in [1.54, 1.807) is 12.1 Å². The highest BCUT2D eigenvalue weighted by atomic mass is 35.5. The predicted octanol–water partition coefficient (Wildman–Crippen LogP) is 3.45. The summed E-state index contributed by atoms with van der Waals surface area (Å²) in [4.78, 5) is 4.20. The van der Waals surface area contributed by atoms with E-state index in [0.717, 1.165) is 11.4 Å². The van der Waals surface area contributed by atoms with Crippen molar-refractivity contribution in [2.45, 2.75) is 6.92 Å². The average molecular weight is 304 g/mol. The van der Waals surface area contributed by atoms with Gasteiger partial charge < -0.3 is 15.8 Å². The largest absolute Gasteiger partial charge is 0.492 e. The molecule has 4 nitrogen and oxygen atoms in total. The highest BCUT2D eigenvalue weighted by Gasteiger charge is 1.96. The quantitative estimate of drug-likeness (QED) is 0.505. The molecule has 21 heavy (non-hydrogen) atoms. The van der Waals surface area contributed by atoms with Crippen LogP contribution in [0.2, 0.25) is 5.02 Å². The molecule has 0 atom stereocenters. The number of halogens is 1. The molecule has 2 aromatic carbocycles.